The zero-order valence-electron chi connectivity index (χ0n) is 7.60. The predicted molar refractivity (Wildman–Crippen MR) is 42.8 cm³/mol. The highest BCUT2D eigenvalue weighted by Crippen LogP contribution is 2.13. The maximum absolute atomic E-state index is 12.1. The van der Waals surface area contributed by atoms with Crippen LogP contribution < -0.4 is 5.32 Å². The third-order valence-corrected chi connectivity index (χ3v) is 1.45. The summed E-state index contributed by atoms with van der Waals surface area (Å²) >= 11 is 0. The molecule has 0 radical (unpaired) electrons. The maximum Gasteiger partial charge on any atom is 0.301 e. The van der Waals surface area contributed by atoms with E-state index < -0.39 is 36.7 Å². The molecule has 0 spiro atoms. The molecule has 0 bridgehead atoms. The number of halogens is 6. The van der Waals surface area contributed by atoms with Crippen LogP contribution in [-0.4, -0.2) is 13.1 Å². The van der Waals surface area contributed by atoms with Crippen molar-refractivity contribution in [1.29, 1.82) is 0 Å². The molecule has 0 aliphatic carbocycles. The van der Waals surface area contributed by atoms with Crippen molar-refractivity contribution in [3.8, 4) is 0 Å². The summed E-state index contributed by atoms with van der Waals surface area (Å²) in [7, 11) is 0. The van der Waals surface area contributed by atoms with Gasteiger partial charge in [-0.05, 0) is 0 Å². The van der Waals surface area contributed by atoms with E-state index in [1.165, 1.54) is 0 Å². The molecule has 0 heterocycles. The van der Waals surface area contributed by atoms with Gasteiger partial charge < -0.3 is 5.32 Å². The van der Waals surface area contributed by atoms with E-state index >= 15 is 0 Å². The van der Waals surface area contributed by atoms with Gasteiger partial charge in [-0.3, -0.25) is 0 Å². The SMILES string of the molecule is FC(F)=C(F)CCNCCC(F)=C(F)F. The van der Waals surface area contributed by atoms with Crippen LogP contribution in [0.5, 0.6) is 0 Å². The molecule has 88 valence electrons. The van der Waals surface area contributed by atoms with Crippen LogP contribution in [0.15, 0.2) is 23.8 Å². The van der Waals surface area contributed by atoms with Crippen LogP contribution >= 0.6 is 0 Å². The number of rotatable bonds is 6. The smallest absolute Gasteiger partial charge is 0.301 e. The van der Waals surface area contributed by atoms with Gasteiger partial charge >= 0.3 is 12.2 Å². The van der Waals surface area contributed by atoms with Crippen molar-refractivity contribution in [2.24, 2.45) is 0 Å². The van der Waals surface area contributed by atoms with E-state index in [1.807, 2.05) is 0 Å². The molecule has 0 aromatic carbocycles. The molecule has 0 saturated heterocycles. The molecule has 1 nitrogen and oxygen atoms in total. The summed E-state index contributed by atoms with van der Waals surface area (Å²) in [4.78, 5) is 0. The Morgan fingerprint density at radius 2 is 1.00 bits per heavy atom. The molecular formula is C8H9F6N. The molecule has 0 aromatic rings. The summed E-state index contributed by atoms with van der Waals surface area (Å²) in [5, 5.41) is 2.34. The van der Waals surface area contributed by atoms with E-state index in [-0.39, 0.29) is 13.1 Å². The van der Waals surface area contributed by atoms with Crippen molar-refractivity contribution in [2.75, 3.05) is 13.1 Å². The topological polar surface area (TPSA) is 12.0 Å². The number of nitrogens with one attached hydrogen (secondary N) is 1. The Bertz CT molecular complexity index is 226. The largest absolute Gasteiger partial charge is 0.316 e. The number of hydrogen-bond acceptors (Lipinski definition) is 1. The molecular weight excluding hydrogens is 224 g/mol. The fourth-order valence-corrected chi connectivity index (χ4v) is 0.710. The first kappa shape index (κ1) is 14.0. The van der Waals surface area contributed by atoms with Gasteiger partial charge in [0.25, 0.3) is 0 Å². The minimum Gasteiger partial charge on any atom is -0.316 e. The quantitative estimate of drug-likeness (QED) is 0.546. The third kappa shape index (κ3) is 7.01. The van der Waals surface area contributed by atoms with Crippen LogP contribution in [0.1, 0.15) is 12.8 Å². The highest BCUT2D eigenvalue weighted by atomic mass is 19.3. The average molecular weight is 233 g/mol. The molecule has 0 aliphatic heterocycles. The molecule has 0 saturated carbocycles. The Morgan fingerprint density at radius 1 is 0.667 bits per heavy atom. The molecule has 0 atom stereocenters. The Hall–Kier alpha value is -0.980. The molecule has 0 aromatic heterocycles. The van der Waals surface area contributed by atoms with Crippen molar-refractivity contribution < 1.29 is 26.3 Å². The van der Waals surface area contributed by atoms with Gasteiger partial charge in [0.2, 0.25) is 0 Å². The summed E-state index contributed by atoms with van der Waals surface area (Å²) in [6.45, 7) is -0.325. The zero-order valence-corrected chi connectivity index (χ0v) is 7.60. The van der Waals surface area contributed by atoms with Crippen molar-refractivity contribution in [3.63, 3.8) is 0 Å². The fraction of sp³-hybridized carbons (Fsp3) is 0.500. The van der Waals surface area contributed by atoms with Gasteiger partial charge in [-0.15, -0.1) is 0 Å². The molecule has 7 heteroatoms. The Labute approximate surface area is 82.5 Å². The van der Waals surface area contributed by atoms with Gasteiger partial charge in [0, 0.05) is 25.9 Å². The van der Waals surface area contributed by atoms with E-state index in [1.54, 1.807) is 0 Å². The lowest BCUT2D eigenvalue weighted by atomic mass is 10.3. The first-order valence-corrected chi connectivity index (χ1v) is 4.05. The average Bonchev–Trinajstić information content (AvgIpc) is 2.16. The van der Waals surface area contributed by atoms with Crippen LogP contribution in [0, 0.1) is 0 Å². The second kappa shape index (κ2) is 7.33. The summed E-state index contributed by atoms with van der Waals surface area (Å²) < 4.78 is 70.2. The van der Waals surface area contributed by atoms with Crippen molar-refractivity contribution in [1.82, 2.24) is 5.32 Å². The van der Waals surface area contributed by atoms with Crippen LogP contribution in [0.2, 0.25) is 0 Å². The first-order chi connectivity index (χ1) is 6.95. The summed E-state index contributed by atoms with van der Waals surface area (Å²) in [5.74, 6) is -3.12. The highest BCUT2D eigenvalue weighted by molar-refractivity contribution is 4.93. The lowest BCUT2D eigenvalue weighted by Crippen LogP contribution is -2.17. The molecule has 0 aliphatic rings. The van der Waals surface area contributed by atoms with Gasteiger partial charge in [-0.25, -0.2) is 8.78 Å². The maximum atomic E-state index is 12.1. The van der Waals surface area contributed by atoms with E-state index in [4.69, 9.17) is 0 Å². The van der Waals surface area contributed by atoms with Crippen molar-refractivity contribution in [2.45, 2.75) is 12.8 Å². The summed E-state index contributed by atoms with van der Waals surface area (Å²) in [5.41, 5.74) is 0. The van der Waals surface area contributed by atoms with E-state index in [2.05, 4.69) is 5.32 Å². The molecule has 0 rings (SSSR count). The molecule has 0 unspecified atom stereocenters. The molecule has 1 N–H and O–H groups in total. The molecule has 0 amide bonds. The monoisotopic (exact) mass is 233 g/mol. The third-order valence-electron chi connectivity index (χ3n) is 1.45. The van der Waals surface area contributed by atoms with Crippen molar-refractivity contribution in [3.05, 3.63) is 23.8 Å². The van der Waals surface area contributed by atoms with Gasteiger partial charge in [0.15, 0.2) is 11.7 Å². The zero-order chi connectivity index (χ0) is 11.8. The van der Waals surface area contributed by atoms with Crippen LogP contribution in [0.25, 0.3) is 0 Å². The second-order valence-electron chi connectivity index (χ2n) is 2.58. The summed E-state index contributed by atoms with van der Waals surface area (Å²) in [6, 6.07) is 0. The summed E-state index contributed by atoms with van der Waals surface area (Å²) in [6.07, 6.45) is -5.91. The van der Waals surface area contributed by atoms with Gasteiger partial charge in [-0.2, -0.15) is 17.6 Å². The van der Waals surface area contributed by atoms with Crippen molar-refractivity contribution >= 4 is 0 Å². The number of hydrogen-bond donors (Lipinski definition) is 1. The van der Waals surface area contributed by atoms with Gasteiger partial charge in [0.05, 0.1) is 0 Å². The Balaban J connectivity index is 3.58. The normalized spacial score (nSPS) is 10.0. The second-order valence-corrected chi connectivity index (χ2v) is 2.58. The van der Waals surface area contributed by atoms with Gasteiger partial charge in [0.1, 0.15) is 0 Å². The Morgan fingerprint density at radius 3 is 1.27 bits per heavy atom. The van der Waals surface area contributed by atoms with Crippen LogP contribution in [-0.2, 0) is 0 Å². The van der Waals surface area contributed by atoms with Gasteiger partial charge in [-0.1, -0.05) is 0 Å². The lowest BCUT2D eigenvalue weighted by Gasteiger charge is -2.01. The lowest BCUT2D eigenvalue weighted by molar-refractivity contribution is 0.364. The minimum absolute atomic E-state index is 0.162. The highest BCUT2D eigenvalue weighted by Gasteiger charge is 2.05. The van der Waals surface area contributed by atoms with Crippen LogP contribution in [0.3, 0.4) is 0 Å². The predicted octanol–water partition coefficient (Wildman–Crippen LogP) is 3.51. The fourth-order valence-electron chi connectivity index (χ4n) is 0.710. The van der Waals surface area contributed by atoms with Crippen LogP contribution in [0.4, 0.5) is 26.3 Å². The van der Waals surface area contributed by atoms with E-state index in [9.17, 15) is 26.3 Å². The molecule has 0 fully saturated rings. The first-order valence-electron chi connectivity index (χ1n) is 4.05. The van der Waals surface area contributed by atoms with E-state index in [0.29, 0.717) is 0 Å². The Kier molecular flexibility index (Phi) is 6.85. The standard InChI is InChI=1S/C8H9F6N/c9-5(7(11)12)1-3-15-4-2-6(10)8(13)14/h15H,1-4H2. The minimum atomic E-state index is -2.40. The van der Waals surface area contributed by atoms with E-state index in [0.717, 1.165) is 0 Å². The molecule has 15 heavy (non-hydrogen) atoms.